The third-order valence-corrected chi connectivity index (χ3v) is 4.66. The van der Waals surface area contributed by atoms with Crippen molar-refractivity contribution < 1.29 is 9.59 Å². The van der Waals surface area contributed by atoms with Crippen molar-refractivity contribution in [2.45, 2.75) is 26.3 Å². The van der Waals surface area contributed by atoms with Crippen LogP contribution in [0.1, 0.15) is 33.5 Å². The fraction of sp³-hybridized carbons (Fsp3) is 0.312. The van der Waals surface area contributed by atoms with Crippen molar-refractivity contribution in [2.24, 2.45) is 0 Å². The zero-order chi connectivity index (χ0) is 16.2. The quantitative estimate of drug-likeness (QED) is 0.787. The summed E-state index contributed by atoms with van der Waals surface area (Å²) in [5, 5.41) is 11.4. The second-order valence-electron chi connectivity index (χ2n) is 5.27. The Balaban J connectivity index is 1.49. The number of thiazole rings is 1. The van der Waals surface area contributed by atoms with E-state index in [1.54, 1.807) is 23.5 Å². The first-order chi connectivity index (χ1) is 11.2. The number of nitrogens with zero attached hydrogens (tertiary/aromatic N) is 1. The summed E-state index contributed by atoms with van der Waals surface area (Å²) in [5.41, 5.74) is 3.19. The van der Waals surface area contributed by atoms with Crippen molar-refractivity contribution >= 4 is 29.0 Å². The highest BCUT2D eigenvalue weighted by atomic mass is 32.1. The molecule has 3 N–H and O–H groups in total. The summed E-state index contributed by atoms with van der Waals surface area (Å²) < 4.78 is 0. The zero-order valence-corrected chi connectivity index (χ0v) is 13.6. The summed E-state index contributed by atoms with van der Waals surface area (Å²) in [5.74, 6) is -0.0979. The van der Waals surface area contributed by atoms with Gasteiger partial charge in [-0.3, -0.25) is 4.79 Å². The number of fused-ring (bicyclic) bond motifs is 1. The molecule has 120 valence electrons. The number of anilines is 1. The topological polar surface area (TPSA) is 83.1 Å². The van der Waals surface area contributed by atoms with Gasteiger partial charge in [-0.2, -0.15) is 0 Å². The van der Waals surface area contributed by atoms with Gasteiger partial charge in [0.15, 0.2) is 0 Å². The minimum Gasteiger partial charge on any atom is -0.348 e. The number of rotatable bonds is 5. The summed E-state index contributed by atoms with van der Waals surface area (Å²) in [4.78, 5) is 28.0. The van der Waals surface area contributed by atoms with Crippen LogP contribution < -0.4 is 16.0 Å². The Morgan fingerprint density at radius 2 is 2.30 bits per heavy atom. The van der Waals surface area contributed by atoms with Crippen molar-refractivity contribution in [1.82, 2.24) is 15.6 Å². The minimum absolute atomic E-state index is 0.0979. The normalized spacial score (nSPS) is 12.7. The highest BCUT2D eigenvalue weighted by Gasteiger charge is 2.18. The van der Waals surface area contributed by atoms with Crippen molar-refractivity contribution in [2.75, 3.05) is 11.9 Å². The number of nitrogens with one attached hydrogen (secondary N) is 3. The van der Waals surface area contributed by atoms with Crippen molar-refractivity contribution in [3.8, 4) is 0 Å². The number of urea groups is 1. The predicted molar refractivity (Wildman–Crippen MR) is 89.8 cm³/mol. The Kier molecular flexibility index (Phi) is 4.57. The van der Waals surface area contributed by atoms with Crippen molar-refractivity contribution in [3.63, 3.8) is 0 Å². The number of benzene rings is 1. The molecule has 2 aromatic rings. The fourth-order valence-corrected chi connectivity index (χ4v) is 3.18. The van der Waals surface area contributed by atoms with E-state index in [-0.39, 0.29) is 11.9 Å². The van der Waals surface area contributed by atoms with Crippen molar-refractivity contribution in [1.29, 1.82) is 0 Å². The van der Waals surface area contributed by atoms with Crippen molar-refractivity contribution in [3.05, 3.63) is 45.4 Å². The molecule has 0 fully saturated rings. The first-order valence-corrected chi connectivity index (χ1v) is 8.43. The molecule has 0 saturated heterocycles. The van der Waals surface area contributed by atoms with Gasteiger partial charge in [0.2, 0.25) is 0 Å². The van der Waals surface area contributed by atoms with Gasteiger partial charge >= 0.3 is 6.03 Å². The molecule has 0 unspecified atom stereocenters. The second-order valence-corrected chi connectivity index (χ2v) is 6.21. The molecule has 1 aliphatic rings. The van der Waals surface area contributed by atoms with Crippen LogP contribution >= 0.6 is 11.3 Å². The molecule has 7 heteroatoms. The molecule has 1 aromatic carbocycles. The zero-order valence-electron chi connectivity index (χ0n) is 12.8. The number of carbonyl (C=O) groups is 2. The summed E-state index contributed by atoms with van der Waals surface area (Å²) >= 11 is 1.65. The lowest BCUT2D eigenvalue weighted by Crippen LogP contribution is -2.30. The van der Waals surface area contributed by atoms with Gasteiger partial charge in [-0.1, -0.05) is 13.0 Å². The molecular weight excluding hydrogens is 312 g/mol. The van der Waals surface area contributed by atoms with Gasteiger partial charge in [-0.05, 0) is 24.1 Å². The smallest absolute Gasteiger partial charge is 0.319 e. The number of carbonyl (C=O) groups excluding carboxylic acids is 2. The molecule has 0 aliphatic carbocycles. The standard InChI is InChI=1S/C16H18N4O2S/c1-2-14-19-12(9-23-14)5-6-17-16(22)20-11-4-3-10-8-18-15(21)13(10)7-11/h3-4,7,9H,2,5-6,8H2,1H3,(H,18,21)(H2,17,20,22). The SMILES string of the molecule is CCc1nc(CCNC(=O)Nc2ccc3c(c2)C(=O)NC3)cs1. The van der Waals surface area contributed by atoms with Gasteiger partial charge in [0.1, 0.15) is 0 Å². The van der Waals surface area contributed by atoms with Gasteiger partial charge in [0.05, 0.1) is 10.7 Å². The van der Waals surface area contributed by atoms with Gasteiger partial charge < -0.3 is 16.0 Å². The first-order valence-electron chi connectivity index (χ1n) is 7.55. The third kappa shape index (κ3) is 3.68. The van der Waals surface area contributed by atoms with Gasteiger partial charge in [0, 0.05) is 36.1 Å². The van der Waals surface area contributed by atoms with E-state index in [2.05, 4.69) is 27.9 Å². The lowest BCUT2D eigenvalue weighted by atomic mass is 10.1. The van der Waals surface area contributed by atoms with E-state index in [1.807, 2.05) is 11.4 Å². The largest absolute Gasteiger partial charge is 0.348 e. The van der Waals surface area contributed by atoms with Gasteiger partial charge in [-0.15, -0.1) is 11.3 Å². The Bertz CT molecular complexity index is 741. The summed E-state index contributed by atoms with van der Waals surface area (Å²) in [6.45, 7) is 3.14. The number of hydrogen-bond acceptors (Lipinski definition) is 4. The molecule has 0 spiro atoms. The van der Waals surface area contributed by atoms with Crippen LogP contribution in [0.5, 0.6) is 0 Å². The van der Waals surface area contributed by atoms with Crippen LogP contribution in [0.15, 0.2) is 23.6 Å². The van der Waals surface area contributed by atoms with Crippen LogP contribution in [-0.2, 0) is 19.4 Å². The maximum Gasteiger partial charge on any atom is 0.319 e. The molecule has 1 aliphatic heterocycles. The van der Waals surface area contributed by atoms with Crippen LogP contribution in [0.2, 0.25) is 0 Å². The van der Waals surface area contributed by atoms with E-state index in [0.717, 1.165) is 22.7 Å². The highest BCUT2D eigenvalue weighted by Crippen LogP contribution is 2.20. The molecule has 0 radical (unpaired) electrons. The average Bonchev–Trinajstić information content (AvgIpc) is 3.15. The number of aromatic nitrogens is 1. The summed E-state index contributed by atoms with van der Waals surface area (Å²) in [6, 6.07) is 5.07. The van der Waals surface area contributed by atoms with Gasteiger partial charge in [-0.25, -0.2) is 9.78 Å². The van der Waals surface area contributed by atoms with Crippen LogP contribution in [0.4, 0.5) is 10.5 Å². The van der Waals surface area contributed by atoms with Crippen LogP contribution in [0.3, 0.4) is 0 Å². The maximum absolute atomic E-state index is 11.9. The Morgan fingerprint density at radius 1 is 1.43 bits per heavy atom. The van der Waals surface area contributed by atoms with E-state index in [0.29, 0.717) is 30.8 Å². The first kappa shape index (κ1) is 15.5. The predicted octanol–water partition coefficient (Wildman–Crippen LogP) is 2.31. The van der Waals surface area contributed by atoms with Crippen LogP contribution in [0, 0.1) is 0 Å². The van der Waals surface area contributed by atoms with E-state index in [4.69, 9.17) is 0 Å². The molecule has 3 rings (SSSR count). The Labute approximate surface area is 138 Å². The Hall–Kier alpha value is -2.41. The molecule has 0 bridgehead atoms. The number of aryl methyl sites for hydroxylation is 1. The van der Waals surface area contributed by atoms with E-state index >= 15 is 0 Å². The summed E-state index contributed by atoms with van der Waals surface area (Å²) in [7, 11) is 0. The second kappa shape index (κ2) is 6.78. The minimum atomic E-state index is -0.283. The maximum atomic E-state index is 11.9. The Morgan fingerprint density at radius 3 is 3.09 bits per heavy atom. The van der Waals surface area contributed by atoms with Gasteiger partial charge in [0.25, 0.3) is 5.91 Å². The third-order valence-electron chi connectivity index (χ3n) is 3.62. The monoisotopic (exact) mass is 330 g/mol. The number of hydrogen-bond donors (Lipinski definition) is 3. The molecule has 3 amide bonds. The fourth-order valence-electron chi connectivity index (χ4n) is 2.40. The van der Waals surface area contributed by atoms with Crippen LogP contribution in [0.25, 0.3) is 0 Å². The van der Waals surface area contributed by atoms with E-state index < -0.39 is 0 Å². The summed E-state index contributed by atoms with van der Waals surface area (Å²) in [6.07, 6.45) is 1.64. The molecule has 1 aromatic heterocycles. The van der Waals surface area contributed by atoms with E-state index in [1.165, 1.54) is 0 Å². The lowest BCUT2D eigenvalue weighted by Gasteiger charge is -2.08. The lowest BCUT2D eigenvalue weighted by molar-refractivity contribution is 0.0965. The molecule has 23 heavy (non-hydrogen) atoms. The molecule has 6 nitrogen and oxygen atoms in total. The highest BCUT2D eigenvalue weighted by molar-refractivity contribution is 7.09. The number of amides is 3. The molecule has 2 heterocycles. The average molecular weight is 330 g/mol. The van der Waals surface area contributed by atoms with E-state index in [9.17, 15) is 9.59 Å². The molecule has 0 saturated carbocycles. The van der Waals surface area contributed by atoms with Crippen LogP contribution in [-0.4, -0.2) is 23.5 Å². The molecule has 0 atom stereocenters. The molecular formula is C16H18N4O2S.